The average Bonchev–Trinajstić information content (AvgIpc) is 3.16. The topological polar surface area (TPSA) is 75.3 Å². The molecule has 6 heteroatoms. The number of nitrogens with one attached hydrogen (secondary N) is 2. The van der Waals surface area contributed by atoms with Gasteiger partial charge in [0, 0.05) is 18.2 Å². The van der Waals surface area contributed by atoms with E-state index in [1.807, 2.05) is 6.92 Å². The lowest BCUT2D eigenvalue weighted by atomic mass is 9.88. The quantitative estimate of drug-likeness (QED) is 0.839. The molecule has 2 aliphatic carbocycles. The van der Waals surface area contributed by atoms with Crippen LogP contribution in [-0.4, -0.2) is 20.9 Å². The van der Waals surface area contributed by atoms with Crippen molar-refractivity contribution in [2.75, 3.05) is 11.9 Å². The molecule has 3 atom stereocenters. The van der Waals surface area contributed by atoms with Crippen molar-refractivity contribution in [2.24, 2.45) is 17.8 Å². The van der Waals surface area contributed by atoms with Gasteiger partial charge in [0.05, 0.1) is 4.90 Å². The first-order valence-corrected chi connectivity index (χ1v) is 9.88. The zero-order valence-electron chi connectivity index (χ0n) is 13.4. The Morgan fingerprint density at radius 1 is 1.17 bits per heavy atom. The zero-order chi connectivity index (χ0) is 16.4. The number of hydrogen-bond donors (Lipinski definition) is 2. The van der Waals surface area contributed by atoms with E-state index >= 15 is 0 Å². The average molecular weight is 336 g/mol. The number of anilines is 1. The zero-order valence-corrected chi connectivity index (χ0v) is 14.2. The minimum Gasteiger partial charge on any atom is -0.326 e. The minimum absolute atomic E-state index is 0.0805. The Labute approximate surface area is 137 Å². The van der Waals surface area contributed by atoms with Gasteiger partial charge >= 0.3 is 0 Å². The summed E-state index contributed by atoms with van der Waals surface area (Å²) in [6.07, 6.45) is 5.38. The summed E-state index contributed by atoms with van der Waals surface area (Å²) in [6.45, 7) is 2.34. The Kier molecular flexibility index (Phi) is 4.73. The SMILES string of the molecule is CCCNS(=O)(=O)c1ccc(NC(=O)C2CC3CCC2C3)cc1. The molecule has 0 spiro atoms. The highest BCUT2D eigenvalue weighted by Gasteiger charge is 2.42. The van der Waals surface area contributed by atoms with Crippen LogP contribution in [0.5, 0.6) is 0 Å². The minimum atomic E-state index is -3.45. The molecule has 0 aliphatic heterocycles. The molecule has 2 bridgehead atoms. The second-order valence-corrected chi connectivity index (χ2v) is 8.46. The normalized spacial score (nSPS) is 26.4. The molecule has 1 amide bonds. The Balaban J connectivity index is 1.62. The van der Waals surface area contributed by atoms with Crippen LogP contribution in [0.2, 0.25) is 0 Å². The van der Waals surface area contributed by atoms with Gasteiger partial charge in [-0.25, -0.2) is 13.1 Å². The first kappa shape index (κ1) is 16.5. The standard InChI is InChI=1S/C17H24N2O3S/c1-2-9-18-23(21,22)15-7-5-14(6-8-15)19-17(20)16-11-12-3-4-13(16)10-12/h5-8,12-13,16,18H,2-4,9-11H2,1H3,(H,19,20). The van der Waals surface area contributed by atoms with Gasteiger partial charge in [-0.3, -0.25) is 4.79 Å². The van der Waals surface area contributed by atoms with Gasteiger partial charge in [0.1, 0.15) is 0 Å². The fourth-order valence-electron chi connectivity index (χ4n) is 3.84. The van der Waals surface area contributed by atoms with E-state index in [1.165, 1.54) is 31.4 Å². The molecule has 2 fully saturated rings. The van der Waals surface area contributed by atoms with Crippen molar-refractivity contribution >= 4 is 21.6 Å². The molecule has 0 heterocycles. The van der Waals surface area contributed by atoms with E-state index in [9.17, 15) is 13.2 Å². The Morgan fingerprint density at radius 3 is 2.48 bits per heavy atom. The van der Waals surface area contributed by atoms with E-state index in [0.717, 1.165) is 18.8 Å². The van der Waals surface area contributed by atoms with Crippen LogP contribution in [0.25, 0.3) is 0 Å². The number of benzene rings is 1. The number of carbonyl (C=O) groups is 1. The van der Waals surface area contributed by atoms with Crippen LogP contribution in [0.4, 0.5) is 5.69 Å². The molecule has 1 aromatic rings. The van der Waals surface area contributed by atoms with E-state index in [4.69, 9.17) is 0 Å². The molecule has 1 aromatic carbocycles. The molecule has 3 rings (SSSR count). The van der Waals surface area contributed by atoms with Gasteiger partial charge in [-0.15, -0.1) is 0 Å². The number of rotatable bonds is 6. The fourth-order valence-corrected chi connectivity index (χ4v) is 4.97. The maximum absolute atomic E-state index is 12.4. The highest BCUT2D eigenvalue weighted by atomic mass is 32.2. The van der Waals surface area contributed by atoms with E-state index < -0.39 is 10.0 Å². The number of sulfonamides is 1. The van der Waals surface area contributed by atoms with Crippen LogP contribution in [0.15, 0.2) is 29.2 Å². The molecule has 23 heavy (non-hydrogen) atoms. The van der Waals surface area contributed by atoms with E-state index in [1.54, 1.807) is 12.1 Å². The molecule has 3 unspecified atom stereocenters. The summed E-state index contributed by atoms with van der Waals surface area (Å²) in [5, 5.41) is 2.94. The van der Waals surface area contributed by atoms with Crippen molar-refractivity contribution in [1.29, 1.82) is 0 Å². The third-order valence-corrected chi connectivity index (χ3v) is 6.53. The predicted molar refractivity (Wildman–Crippen MR) is 89.5 cm³/mol. The highest BCUT2D eigenvalue weighted by Crippen LogP contribution is 2.48. The molecule has 2 aliphatic rings. The molecule has 0 saturated heterocycles. The van der Waals surface area contributed by atoms with Crippen molar-refractivity contribution in [3.63, 3.8) is 0 Å². The van der Waals surface area contributed by atoms with E-state index in [-0.39, 0.29) is 16.7 Å². The van der Waals surface area contributed by atoms with Gasteiger partial charge in [-0.05, 0) is 61.8 Å². The maximum Gasteiger partial charge on any atom is 0.240 e. The van der Waals surface area contributed by atoms with Crippen molar-refractivity contribution < 1.29 is 13.2 Å². The summed E-state index contributed by atoms with van der Waals surface area (Å²) in [4.78, 5) is 12.6. The predicted octanol–water partition coefficient (Wildman–Crippen LogP) is 2.75. The summed E-state index contributed by atoms with van der Waals surface area (Å²) in [6, 6.07) is 6.39. The van der Waals surface area contributed by atoms with Crippen LogP contribution in [0.1, 0.15) is 39.0 Å². The summed E-state index contributed by atoms with van der Waals surface area (Å²) < 4.78 is 26.6. The maximum atomic E-state index is 12.4. The van der Waals surface area contributed by atoms with Crippen molar-refractivity contribution in [2.45, 2.75) is 43.9 Å². The van der Waals surface area contributed by atoms with Crippen LogP contribution < -0.4 is 10.0 Å². The van der Waals surface area contributed by atoms with Crippen molar-refractivity contribution in [3.8, 4) is 0 Å². The lowest BCUT2D eigenvalue weighted by molar-refractivity contribution is -0.121. The molecule has 2 saturated carbocycles. The summed E-state index contributed by atoms with van der Waals surface area (Å²) in [5.74, 6) is 1.48. The molecule has 5 nitrogen and oxygen atoms in total. The number of hydrogen-bond acceptors (Lipinski definition) is 3. The summed E-state index contributed by atoms with van der Waals surface area (Å²) in [7, 11) is -3.45. The van der Waals surface area contributed by atoms with Crippen LogP contribution in [0.3, 0.4) is 0 Å². The molecule has 2 N–H and O–H groups in total. The molecular weight excluding hydrogens is 312 g/mol. The third kappa shape index (κ3) is 3.58. The highest BCUT2D eigenvalue weighted by molar-refractivity contribution is 7.89. The van der Waals surface area contributed by atoms with Gasteiger partial charge in [-0.1, -0.05) is 13.3 Å². The third-order valence-electron chi connectivity index (χ3n) is 5.05. The van der Waals surface area contributed by atoms with E-state index in [2.05, 4.69) is 10.0 Å². The second kappa shape index (κ2) is 6.61. The van der Waals surface area contributed by atoms with Gasteiger partial charge in [0.2, 0.25) is 15.9 Å². The number of fused-ring (bicyclic) bond motifs is 2. The van der Waals surface area contributed by atoms with Gasteiger partial charge in [-0.2, -0.15) is 0 Å². The molecule has 126 valence electrons. The van der Waals surface area contributed by atoms with Gasteiger partial charge in [0.15, 0.2) is 0 Å². The smallest absolute Gasteiger partial charge is 0.240 e. The van der Waals surface area contributed by atoms with Crippen LogP contribution >= 0.6 is 0 Å². The molecular formula is C17H24N2O3S. The fraction of sp³-hybridized carbons (Fsp3) is 0.588. The lowest BCUT2D eigenvalue weighted by Gasteiger charge is -2.20. The molecule has 0 radical (unpaired) electrons. The Bertz CT molecular complexity index is 670. The number of amides is 1. The van der Waals surface area contributed by atoms with Crippen LogP contribution in [0, 0.1) is 17.8 Å². The first-order chi connectivity index (χ1) is 11.0. The van der Waals surface area contributed by atoms with Crippen LogP contribution in [-0.2, 0) is 14.8 Å². The van der Waals surface area contributed by atoms with Gasteiger partial charge in [0.25, 0.3) is 0 Å². The summed E-state index contributed by atoms with van der Waals surface area (Å²) >= 11 is 0. The summed E-state index contributed by atoms with van der Waals surface area (Å²) in [5.41, 5.74) is 0.659. The molecule has 0 aromatic heterocycles. The van der Waals surface area contributed by atoms with Crippen molar-refractivity contribution in [1.82, 2.24) is 4.72 Å². The first-order valence-electron chi connectivity index (χ1n) is 8.40. The monoisotopic (exact) mass is 336 g/mol. The Hall–Kier alpha value is -1.40. The lowest BCUT2D eigenvalue weighted by Crippen LogP contribution is -2.27. The second-order valence-electron chi connectivity index (χ2n) is 6.69. The van der Waals surface area contributed by atoms with Gasteiger partial charge < -0.3 is 5.32 Å². The Morgan fingerprint density at radius 2 is 1.91 bits per heavy atom. The number of carbonyl (C=O) groups excluding carboxylic acids is 1. The van der Waals surface area contributed by atoms with Crippen molar-refractivity contribution in [3.05, 3.63) is 24.3 Å². The van der Waals surface area contributed by atoms with E-state index in [0.29, 0.717) is 18.2 Å². The largest absolute Gasteiger partial charge is 0.326 e.